The molecule has 8 heteroatoms. The molecule has 1 saturated heterocycles. The molecule has 1 aliphatic heterocycles. The van der Waals surface area contributed by atoms with Gasteiger partial charge in [0, 0.05) is 31.1 Å². The molecule has 0 saturated carbocycles. The van der Waals surface area contributed by atoms with E-state index in [0.717, 1.165) is 10.6 Å². The Morgan fingerprint density at radius 1 is 1.24 bits per heavy atom. The molecule has 1 aromatic carbocycles. The van der Waals surface area contributed by atoms with E-state index >= 15 is 0 Å². The third kappa shape index (κ3) is 3.18. The van der Waals surface area contributed by atoms with Gasteiger partial charge in [0.2, 0.25) is 10.0 Å². The van der Waals surface area contributed by atoms with Gasteiger partial charge in [-0.2, -0.15) is 4.31 Å². The van der Waals surface area contributed by atoms with Crippen LogP contribution in [-0.4, -0.2) is 56.4 Å². The number of piperazine rings is 1. The van der Waals surface area contributed by atoms with Crippen LogP contribution in [0.1, 0.15) is 0 Å². The molecule has 5 nitrogen and oxygen atoms in total. The lowest BCUT2D eigenvalue weighted by Crippen LogP contribution is -2.48. The largest absolute Gasteiger partial charge is 0.345 e. The first-order valence-electron chi connectivity index (χ1n) is 6.62. The Morgan fingerprint density at radius 3 is 2.57 bits per heavy atom. The first-order chi connectivity index (χ1) is 9.97. The Morgan fingerprint density at radius 2 is 1.95 bits per heavy atom. The SMILES string of the molecule is CSc1ccc2nc(N3CCN(S(C)(=O)=O)CC3)sc2c1. The fraction of sp³-hybridized carbons (Fsp3) is 0.462. The molecule has 0 spiro atoms. The molecular formula is C13H17N3O2S3. The maximum Gasteiger partial charge on any atom is 0.211 e. The van der Waals surface area contributed by atoms with Crippen molar-refractivity contribution in [2.45, 2.75) is 4.90 Å². The van der Waals surface area contributed by atoms with Crippen molar-refractivity contribution in [2.24, 2.45) is 0 Å². The molecule has 21 heavy (non-hydrogen) atoms. The van der Waals surface area contributed by atoms with Crippen molar-refractivity contribution in [2.75, 3.05) is 43.6 Å². The third-order valence-electron chi connectivity index (χ3n) is 3.56. The molecule has 114 valence electrons. The van der Waals surface area contributed by atoms with Crippen molar-refractivity contribution in [3.8, 4) is 0 Å². The lowest BCUT2D eigenvalue weighted by Gasteiger charge is -2.32. The third-order valence-corrected chi connectivity index (χ3v) is 6.67. The van der Waals surface area contributed by atoms with E-state index in [1.165, 1.54) is 20.2 Å². The molecule has 1 fully saturated rings. The topological polar surface area (TPSA) is 53.5 Å². The molecule has 2 heterocycles. The van der Waals surface area contributed by atoms with Crippen LogP contribution in [0.5, 0.6) is 0 Å². The van der Waals surface area contributed by atoms with Gasteiger partial charge in [-0.05, 0) is 24.5 Å². The summed E-state index contributed by atoms with van der Waals surface area (Å²) >= 11 is 3.40. The minimum absolute atomic E-state index is 0.533. The smallest absolute Gasteiger partial charge is 0.211 e. The number of rotatable bonds is 3. The summed E-state index contributed by atoms with van der Waals surface area (Å²) < 4.78 is 25.8. The number of hydrogen-bond donors (Lipinski definition) is 0. The van der Waals surface area contributed by atoms with E-state index in [0.29, 0.717) is 26.2 Å². The first kappa shape index (κ1) is 15.1. The molecule has 2 aromatic rings. The minimum atomic E-state index is -3.08. The summed E-state index contributed by atoms with van der Waals surface area (Å²) in [5.74, 6) is 0. The summed E-state index contributed by atoms with van der Waals surface area (Å²) in [4.78, 5) is 8.07. The number of nitrogens with zero attached hydrogens (tertiary/aromatic N) is 3. The monoisotopic (exact) mass is 343 g/mol. The van der Waals surface area contributed by atoms with Gasteiger partial charge < -0.3 is 4.90 Å². The number of thiazole rings is 1. The fourth-order valence-corrected chi connectivity index (χ4v) is 4.76. The minimum Gasteiger partial charge on any atom is -0.345 e. The highest BCUT2D eigenvalue weighted by Gasteiger charge is 2.24. The highest BCUT2D eigenvalue weighted by molar-refractivity contribution is 7.98. The average Bonchev–Trinajstić information content (AvgIpc) is 2.89. The fourth-order valence-electron chi connectivity index (χ4n) is 2.37. The number of anilines is 1. The molecule has 0 amide bonds. The van der Waals surface area contributed by atoms with E-state index in [-0.39, 0.29) is 0 Å². The average molecular weight is 343 g/mol. The number of thioether (sulfide) groups is 1. The summed E-state index contributed by atoms with van der Waals surface area (Å²) in [6.45, 7) is 2.46. The Hall–Kier alpha value is -0.830. The number of benzene rings is 1. The van der Waals surface area contributed by atoms with Crippen LogP contribution >= 0.6 is 23.1 Å². The molecular weight excluding hydrogens is 326 g/mol. The predicted octanol–water partition coefficient (Wildman–Crippen LogP) is 2.10. The van der Waals surface area contributed by atoms with Crippen molar-refractivity contribution >= 4 is 48.5 Å². The van der Waals surface area contributed by atoms with Gasteiger partial charge >= 0.3 is 0 Å². The summed E-state index contributed by atoms with van der Waals surface area (Å²) in [7, 11) is -3.08. The molecule has 0 radical (unpaired) electrons. The second kappa shape index (κ2) is 5.75. The van der Waals surface area contributed by atoms with Gasteiger partial charge in [0.1, 0.15) is 0 Å². The van der Waals surface area contributed by atoms with Gasteiger partial charge in [-0.1, -0.05) is 11.3 Å². The van der Waals surface area contributed by atoms with Crippen molar-refractivity contribution in [1.82, 2.24) is 9.29 Å². The summed E-state index contributed by atoms with van der Waals surface area (Å²) in [5, 5.41) is 0.983. The van der Waals surface area contributed by atoms with Crippen LogP contribution in [0.3, 0.4) is 0 Å². The van der Waals surface area contributed by atoms with Crippen molar-refractivity contribution in [3.63, 3.8) is 0 Å². The van der Waals surface area contributed by atoms with Gasteiger partial charge in [0.25, 0.3) is 0 Å². The second-order valence-electron chi connectivity index (χ2n) is 4.98. The van der Waals surface area contributed by atoms with Gasteiger partial charge in [-0.25, -0.2) is 13.4 Å². The number of sulfonamides is 1. The zero-order valence-electron chi connectivity index (χ0n) is 11.9. The number of fused-ring (bicyclic) bond motifs is 1. The lowest BCUT2D eigenvalue weighted by molar-refractivity contribution is 0.388. The van der Waals surface area contributed by atoms with Crippen LogP contribution in [0.15, 0.2) is 23.1 Å². The first-order valence-corrected chi connectivity index (χ1v) is 10.5. The highest BCUT2D eigenvalue weighted by Crippen LogP contribution is 2.32. The molecule has 1 aliphatic rings. The normalized spacial score (nSPS) is 17.5. The molecule has 0 bridgehead atoms. The van der Waals surface area contributed by atoms with Crippen LogP contribution < -0.4 is 4.90 Å². The Bertz CT molecular complexity index is 749. The quantitative estimate of drug-likeness (QED) is 0.799. The van der Waals surface area contributed by atoms with E-state index in [4.69, 9.17) is 0 Å². The number of hydrogen-bond acceptors (Lipinski definition) is 6. The standard InChI is InChI=1S/C13H17N3O2S3/c1-19-10-3-4-11-12(9-10)20-13(14-11)15-5-7-16(8-6-15)21(2,17)18/h3-4,9H,5-8H2,1-2H3. The lowest BCUT2D eigenvalue weighted by atomic mass is 10.3. The summed E-state index contributed by atoms with van der Waals surface area (Å²) in [6.07, 6.45) is 3.33. The van der Waals surface area contributed by atoms with Gasteiger partial charge in [-0.3, -0.25) is 0 Å². The maximum absolute atomic E-state index is 11.5. The van der Waals surface area contributed by atoms with E-state index in [1.54, 1.807) is 23.1 Å². The summed E-state index contributed by atoms with van der Waals surface area (Å²) in [6, 6.07) is 6.29. The van der Waals surface area contributed by atoms with Gasteiger partial charge in [0.15, 0.2) is 5.13 Å². The van der Waals surface area contributed by atoms with Crippen LogP contribution in [-0.2, 0) is 10.0 Å². The van der Waals surface area contributed by atoms with E-state index in [1.807, 2.05) is 6.07 Å². The van der Waals surface area contributed by atoms with Crippen molar-refractivity contribution < 1.29 is 8.42 Å². The zero-order chi connectivity index (χ0) is 15.0. The molecule has 1 aromatic heterocycles. The van der Waals surface area contributed by atoms with Gasteiger partial charge in [0.05, 0.1) is 16.5 Å². The molecule has 3 rings (SSSR count). The predicted molar refractivity (Wildman–Crippen MR) is 90.0 cm³/mol. The van der Waals surface area contributed by atoms with Crippen molar-refractivity contribution in [1.29, 1.82) is 0 Å². The van der Waals surface area contributed by atoms with Crippen molar-refractivity contribution in [3.05, 3.63) is 18.2 Å². The Labute approximate surface area is 133 Å². The molecule has 0 atom stereocenters. The maximum atomic E-state index is 11.5. The van der Waals surface area contributed by atoms with E-state index in [2.05, 4.69) is 28.3 Å². The van der Waals surface area contributed by atoms with Crippen LogP contribution in [0.2, 0.25) is 0 Å². The van der Waals surface area contributed by atoms with E-state index < -0.39 is 10.0 Å². The molecule has 0 unspecified atom stereocenters. The Balaban J connectivity index is 1.79. The number of aromatic nitrogens is 1. The summed E-state index contributed by atoms with van der Waals surface area (Å²) in [5.41, 5.74) is 1.01. The molecule has 0 N–H and O–H groups in total. The molecule has 0 aliphatic carbocycles. The zero-order valence-corrected chi connectivity index (χ0v) is 14.4. The second-order valence-corrected chi connectivity index (χ2v) is 8.85. The van der Waals surface area contributed by atoms with Crippen LogP contribution in [0, 0.1) is 0 Å². The van der Waals surface area contributed by atoms with Gasteiger partial charge in [-0.15, -0.1) is 11.8 Å². The van der Waals surface area contributed by atoms with Crippen LogP contribution in [0.25, 0.3) is 10.2 Å². The van der Waals surface area contributed by atoms with E-state index in [9.17, 15) is 8.42 Å². The Kier molecular flexibility index (Phi) is 4.13. The van der Waals surface area contributed by atoms with Crippen LogP contribution in [0.4, 0.5) is 5.13 Å². The highest BCUT2D eigenvalue weighted by atomic mass is 32.2.